The number of amides is 2. The van der Waals surface area contributed by atoms with E-state index in [1.54, 1.807) is 12.1 Å². The van der Waals surface area contributed by atoms with E-state index in [9.17, 15) is 18.0 Å². The van der Waals surface area contributed by atoms with Crippen LogP contribution in [0.1, 0.15) is 40.1 Å². The first-order chi connectivity index (χ1) is 14.8. The largest absolute Gasteiger partial charge is 0.497 e. The predicted molar refractivity (Wildman–Crippen MR) is 118 cm³/mol. The SMILES string of the molecule is COc1ccc(S(=O)(=O)N2CCC(C(=O)Nc3sc4c(c3C(N)=O)CCC4)CC2)cc1. The summed E-state index contributed by atoms with van der Waals surface area (Å²) in [5, 5.41) is 3.41. The molecule has 10 heteroatoms. The third kappa shape index (κ3) is 4.19. The van der Waals surface area contributed by atoms with E-state index >= 15 is 0 Å². The standard InChI is InChI=1S/C21H25N3O5S2/c1-29-14-5-7-15(8-6-14)31(27,28)24-11-9-13(10-12-24)20(26)23-21-18(19(22)25)16-3-2-4-17(16)30-21/h5-8,13H,2-4,9-12H2,1H3,(H2,22,25)(H,23,26). The molecule has 4 rings (SSSR count). The summed E-state index contributed by atoms with van der Waals surface area (Å²) in [4.78, 5) is 26.1. The first-order valence-electron chi connectivity index (χ1n) is 10.2. The van der Waals surface area contributed by atoms with E-state index < -0.39 is 15.9 Å². The summed E-state index contributed by atoms with van der Waals surface area (Å²) in [6, 6.07) is 6.27. The van der Waals surface area contributed by atoms with Crippen molar-refractivity contribution < 1.29 is 22.7 Å². The van der Waals surface area contributed by atoms with Crippen molar-refractivity contribution in [2.24, 2.45) is 11.7 Å². The van der Waals surface area contributed by atoms with Crippen molar-refractivity contribution in [3.8, 4) is 5.75 Å². The lowest BCUT2D eigenvalue weighted by Crippen LogP contribution is -2.41. The minimum atomic E-state index is -3.62. The van der Waals surface area contributed by atoms with E-state index in [1.807, 2.05) is 0 Å². The number of hydrogen-bond donors (Lipinski definition) is 2. The average Bonchev–Trinajstić information content (AvgIpc) is 3.34. The van der Waals surface area contributed by atoms with Crippen LogP contribution in [0.25, 0.3) is 0 Å². The number of anilines is 1. The number of fused-ring (bicyclic) bond motifs is 1. The summed E-state index contributed by atoms with van der Waals surface area (Å²) in [7, 11) is -2.10. The van der Waals surface area contributed by atoms with Crippen LogP contribution in [-0.2, 0) is 27.7 Å². The van der Waals surface area contributed by atoms with Crippen LogP contribution in [-0.4, -0.2) is 44.7 Å². The zero-order valence-electron chi connectivity index (χ0n) is 17.2. The van der Waals surface area contributed by atoms with Crippen LogP contribution < -0.4 is 15.8 Å². The highest BCUT2D eigenvalue weighted by Crippen LogP contribution is 2.39. The lowest BCUT2D eigenvalue weighted by Gasteiger charge is -2.30. The first kappa shape index (κ1) is 21.8. The Morgan fingerprint density at radius 2 is 1.84 bits per heavy atom. The second kappa shape index (κ2) is 8.60. The van der Waals surface area contributed by atoms with Crippen molar-refractivity contribution in [1.82, 2.24) is 4.31 Å². The number of nitrogens with two attached hydrogens (primary N) is 1. The zero-order valence-corrected chi connectivity index (χ0v) is 18.9. The highest BCUT2D eigenvalue weighted by Gasteiger charge is 2.33. The second-order valence-corrected chi connectivity index (χ2v) is 10.8. The fraction of sp³-hybridized carbons (Fsp3) is 0.429. The molecule has 2 aliphatic rings. The van der Waals surface area contributed by atoms with Crippen LogP contribution >= 0.6 is 11.3 Å². The number of carbonyl (C=O) groups is 2. The molecule has 1 aliphatic carbocycles. The van der Waals surface area contributed by atoms with Gasteiger partial charge in [0.1, 0.15) is 10.8 Å². The van der Waals surface area contributed by atoms with Gasteiger partial charge in [0.2, 0.25) is 15.9 Å². The van der Waals surface area contributed by atoms with Gasteiger partial charge in [0, 0.05) is 23.9 Å². The predicted octanol–water partition coefficient (Wildman–Crippen LogP) is 2.38. The van der Waals surface area contributed by atoms with E-state index in [2.05, 4.69) is 5.32 Å². The fourth-order valence-electron chi connectivity index (χ4n) is 4.22. The molecule has 3 N–H and O–H groups in total. The van der Waals surface area contributed by atoms with Gasteiger partial charge in [0.15, 0.2) is 0 Å². The molecule has 0 spiro atoms. The van der Waals surface area contributed by atoms with Gasteiger partial charge in [-0.1, -0.05) is 0 Å². The molecule has 166 valence electrons. The van der Waals surface area contributed by atoms with E-state index in [0.29, 0.717) is 29.2 Å². The minimum absolute atomic E-state index is 0.191. The molecule has 1 aromatic heterocycles. The van der Waals surface area contributed by atoms with Crippen molar-refractivity contribution in [3.05, 3.63) is 40.3 Å². The Morgan fingerprint density at radius 3 is 2.45 bits per heavy atom. The van der Waals surface area contributed by atoms with Crippen molar-refractivity contribution in [2.45, 2.75) is 37.0 Å². The summed E-state index contributed by atoms with van der Waals surface area (Å²) < 4.78 is 32.3. The Hall–Kier alpha value is -2.43. The molecule has 1 saturated heterocycles. The molecular weight excluding hydrogens is 438 g/mol. The Balaban J connectivity index is 1.41. The molecule has 2 heterocycles. The van der Waals surface area contributed by atoms with Crippen LogP contribution in [0, 0.1) is 5.92 Å². The van der Waals surface area contributed by atoms with Gasteiger partial charge >= 0.3 is 0 Å². The summed E-state index contributed by atoms with van der Waals surface area (Å²) in [5.41, 5.74) is 6.96. The number of primary amides is 1. The Kier molecular flexibility index (Phi) is 6.05. The second-order valence-electron chi connectivity index (χ2n) is 7.77. The third-order valence-corrected chi connectivity index (χ3v) is 9.05. The number of sulfonamides is 1. The summed E-state index contributed by atoms with van der Waals surface area (Å²) in [5.74, 6) is -0.441. The van der Waals surface area contributed by atoms with E-state index in [-0.39, 0.29) is 29.8 Å². The highest BCUT2D eigenvalue weighted by atomic mass is 32.2. The molecule has 8 nitrogen and oxygen atoms in total. The summed E-state index contributed by atoms with van der Waals surface area (Å²) in [6.07, 6.45) is 3.53. The van der Waals surface area contributed by atoms with Crippen LogP contribution in [0.15, 0.2) is 29.2 Å². The molecule has 1 aromatic carbocycles. The number of carbonyl (C=O) groups excluding carboxylic acids is 2. The van der Waals surface area contributed by atoms with Gasteiger partial charge in [0.05, 0.1) is 17.6 Å². The van der Waals surface area contributed by atoms with Gasteiger partial charge in [0.25, 0.3) is 5.91 Å². The number of nitrogens with one attached hydrogen (secondary N) is 1. The van der Waals surface area contributed by atoms with E-state index in [1.165, 1.54) is 34.9 Å². The maximum atomic E-state index is 12.9. The third-order valence-electron chi connectivity index (χ3n) is 5.93. The van der Waals surface area contributed by atoms with Crippen molar-refractivity contribution in [3.63, 3.8) is 0 Å². The van der Waals surface area contributed by atoms with Gasteiger partial charge in [-0.25, -0.2) is 8.42 Å². The molecule has 2 aromatic rings. The number of benzene rings is 1. The highest BCUT2D eigenvalue weighted by molar-refractivity contribution is 7.89. The normalized spacial score (nSPS) is 17.3. The zero-order chi connectivity index (χ0) is 22.2. The quantitative estimate of drug-likeness (QED) is 0.682. The first-order valence-corrected chi connectivity index (χ1v) is 12.5. The maximum absolute atomic E-state index is 12.9. The molecule has 0 saturated carbocycles. The van der Waals surface area contributed by atoms with Crippen LogP contribution in [0.4, 0.5) is 5.00 Å². The average molecular weight is 464 g/mol. The Labute approximate surface area is 185 Å². The summed E-state index contributed by atoms with van der Waals surface area (Å²) >= 11 is 1.43. The molecule has 2 amide bonds. The lowest BCUT2D eigenvalue weighted by molar-refractivity contribution is -0.120. The van der Waals surface area contributed by atoms with Crippen LogP contribution in [0.3, 0.4) is 0 Å². The molecule has 1 aliphatic heterocycles. The summed E-state index contributed by atoms with van der Waals surface area (Å²) in [6.45, 7) is 0.520. The lowest BCUT2D eigenvalue weighted by atomic mass is 9.97. The molecule has 0 atom stereocenters. The number of rotatable bonds is 6. The van der Waals surface area contributed by atoms with E-state index in [0.717, 1.165) is 29.7 Å². The molecule has 1 fully saturated rings. The Morgan fingerprint density at radius 1 is 1.16 bits per heavy atom. The smallest absolute Gasteiger partial charge is 0.251 e. The fourth-order valence-corrected chi connectivity index (χ4v) is 6.99. The molecule has 0 radical (unpaired) electrons. The Bertz CT molecular complexity index is 1100. The van der Waals surface area contributed by atoms with Gasteiger partial charge in [-0.15, -0.1) is 11.3 Å². The molecule has 0 unspecified atom stereocenters. The van der Waals surface area contributed by atoms with Gasteiger partial charge in [-0.3, -0.25) is 9.59 Å². The monoisotopic (exact) mass is 463 g/mol. The van der Waals surface area contributed by atoms with E-state index in [4.69, 9.17) is 10.5 Å². The van der Waals surface area contributed by atoms with Gasteiger partial charge < -0.3 is 15.8 Å². The van der Waals surface area contributed by atoms with Crippen LogP contribution in [0.2, 0.25) is 0 Å². The maximum Gasteiger partial charge on any atom is 0.251 e. The topological polar surface area (TPSA) is 119 Å². The van der Waals surface area contributed by atoms with Crippen molar-refractivity contribution in [1.29, 1.82) is 0 Å². The number of thiophene rings is 1. The van der Waals surface area contributed by atoms with Crippen molar-refractivity contribution >= 4 is 38.2 Å². The number of piperidine rings is 1. The minimum Gasteiger partial charge on any atom is -0.497 e. The number of nitrogens with zero attached hydrogens (tertiary/aromatic N) is 1. The van der Waals surface area contributed by atoms with Gasteiger partial charge in [-0.2, -0.15) is 4.31 Å². The molecule has 0 bridgehead atoms. The number of hydrogen-bond acceptors (Lipinski definition) is 6. The van der Waals surface area contributed by atoms with Crippen molar-refractivity contribution in [2.75, 3.05) is 25.5 Å². The van der Waals surface area contributed by atoms with Gasteiger partial charge in [-0.05, 0) is 61.9 Å². The number of ether oxygens (including phenoxy) is 1. The number of methoxy groups -OCH3 is 1. The molecule has 31 heavy (non-hydrogen) atoms. The van der Waals surface area contributed by atoms with Crippen LogP contribution in [0.5, 0.6) is 5.75 Å². The molecular formula is C21H25N3O5S2. The number of aryl methyl sites for hydroxylation is 1.